The predicted octanol–water partition coefficient (Wildman–Crippen LogP) is 3.28. The smallest absolute Gasteiger partial charge is 0.164 e. The number of H-pyrrole nitrogens is 1. The van der Waals surface area contributed by atoms with E-state index in [0.717, 1.165) is 16.5 Å². The van der Waals surface area contributed by atoms with Gasteiger partial charge in [0.25, 0.3) is 0 Å². The first kappa shape index (κ1) is 16.7. The molecule has 4 heterocycles. The minimum absolute atomic E-state index is 0.176. The second-order valence-corrected chi connectivity index (χ2v) is 8.24. The lowest BCUT2D eigenvalue weighted by Crippen LogP contribution is -2.40. The van der Waals surface area contributed by atoms with E-state index in [4.69, 9.17) is 23.7 Å². The van der Waals surface area contributed by atoms with Crippen LogP contribution in [0.5, 0.6) is 0 Å². The van der Waals surface area contributed by atoms with Gasteiger partial charge in [-0.25, -0.2) is 0 Å². The average Bonchev–Trinajstić information content (AvgIpc) is 3.29. The van der Waals surface area contributed by atoms with Crippen LogP contribution >= 0.6 is 0 Å². The Morgan fingerprint density at radius 1 is 0.923 bits per heavy atom. The van der Waals surface area contributed by atoms with Crippen LogP contribution in [0.3, 0.4) is 0 Å². The third kappa shape index (κ3) is 2.60. The van der Waals surface area contributed by atoms with Crippen LogP contribution in [0.15, 0.2) is 30.5 Å². The van der Waals surface area contributed by atoms with E-state index in [0.29, 0.717) is 6.61 Å². The standard InChI is InChI=1S/C20H25NO5/c1-19(2)22-10-14(24-19)16-18-17(25-20(3,4)26-18)15(23-16)12-9-21-13-8-6-5-7-11(12)13/h5-9,14-18,21H,10H2,1-4H3/t14-,15+,16-,17-,18+/m1/s1. The molecule has 6 nitrogen and oxygen atoms in total. The van der Waals surface area contributed by atoms with Gasteiger partial charge in [-0.2, -0.15) is 0 Å². The summed E-state index contributed by atoms with van der Waals surface area (Å²) in [4.78, 5) is 3.33. The topological polar surface area (TPSA) is 61.9 Å². The second kappa shape index (κ2) is 5.53. The molecule has 0 radical (unpaired) electrons. The van der Waals surface area contributed by atoms with E-state index in [1.54, 1.807) is 0 Å². The third-order valence-corrected chi connectivity index (χ3v) is 5.41. The number of ether oxygens (including phenoxy) is 5. The lowest BCUT2D eigenvalue weighted by atomic mass is 9.99. The maximum absolute atomic E-state index is 6.48. The van der Waals surface area contributed by atoms with Gasteiger partial charge in [-0.15, -0.1) is 0 Å². The molecule has 3 aliphatic rings. The van der Waals surface area contributed by atoms with Gasteiger partial charge in [-0.3, -0.25) is 0 Å². The van der Waals surface area contributed by atoms with Gasteiger partial charge in [0.05, 0.1) is 6.61 Å². The number of aromatic nitrogens is 1. The SMILES string of the molecule is CC1(C)O[C@H]2[C@@H]([C@H]3COC(C)(C)O3)O[C@@H](c3c[nH]c4ccccc34)[C@H]2O1. The molecule has 5 atom stereocenters. The van der Waals surface area contributed by atoms with Crippen LogP contribution < -0.4 is 0 Å². The molecule has 1 aromatic heterocycles. The molecule has 3 saturated heterocycles. The molecule has 140 valence electrons. The van der Waals surface area contributed by atoms with Crippen molar-refractivity contribution in [2.75, 3.05) is 6.61 Å². The number of para-hydroxylation sites is 1. The van der Waals surface area contributed by atoms with Crippen molar-refractivity contribution in [2.45, 2.75) is 69.8 Å². The molecule has 3 aliphatic heterocycles. The molecule has 2 aromatic rings. The fourth-order valence-electron chi connectivity index (χ4n) is 4.39. The molecule has 0 unspecified atom stereocenters. The molecular formula is C20H25NO5. The van der Waals surface area contributed by atoms with Gasteiger partial charge in [0.2, 0.25) is 0 Å². The van der Waals surface area contributed by atoms with Crippen LogP contribution in [0.1, 0.15) is 39.4 Å². The van der Waals surface area contributed by atoms with Crippen LogP contribution in [-0.4, -0.2) is 47.6 Å². The molecule has 6 heteroatoms. The van der Waals surface area contributed by atoms with Crippen molar-refractivity contribution in [3.05, 3.63) is 36.0 Å². The maximum Gasteiger partial charge on any atom is 0.164 e. The number of fused-ring (bicyclic) bond motifs is 2. The van der Waals surface area contributed by atoms with Crippen LogP contribution in [0.2, 0.25) is 0 Å². The highest BCUT2D eigenvalue weighted by Gasteiger charge is 2.59. The highest BCUT2D eigenvalue weighted by Crippen LogP contribution is 2.48. The molecule has 0 amide bonds. The minimum Gasteiger partial charge on any atom is -0.362 e. The van der Waals surface area contributed by atoms with Gasteiger partial charge in [0.15, 0.2) is 11.6 Å². The largest absolute Gasteiger partial charge is 0.362 e. The molecule has 0 spiro atoms. The summed E-state index contributed by atoms with van der Waals surface area (Å²) in [5, 5.41) is 1.15. The molecule has 0 bridgehead atoms. The van der Waals surface area contributed by atoms with Crippen molar-refractivity contribution in [3.8, 4) is 0 Å². The van der Waals surface area contributed by atoms with Gasteiger partial charge in [-0.05, 0) is 33.8 Å². The second-order valence-electron chi connectivity index (χ2n) is 8.24. The number of hydrogen-bond acceptors (Lipinski definition) is 5. The van der Waals surface area contributed by atoms with Gasteiger partial charge in [-0.1, -0.05) is 18.2 Å². The van der Waals surface area contributed by atoms with Crippen molar-refractivity contribution in [1.29, 1.82) is 0 Å². The monoisotopic (exact) mass is 359 g/mol. The molecule has 26 heavy (non-hydrogen) atoms. The van der Waals surface area contributed by atoms with E-state index in [1.807, 2.05) is 46.0 Å². The summed E-state index contributed by atoms with van der Waals surface area (Å²) in [6, 6.07) is 8.23. The normalized spacial score (nSPS) is 38.1. The predicted molar refractivity (Wildman–Crippen MR) is 94.6 cm³/mol. The number of hydrogen-bond donors (Lipinski definition) is 1. The molecule has 5 rings (SSSR count). The zero-order valence-corrected chi connectivity index (χ0v) is 15.5. The third-order valence-electron chi connectivity index (χ3n) is 5.41. The Morgan fingerprint density at radius 3 is 2.46 bits per heavy atom. The van der Waals surface area contributed by atoms with Crippen molar-refractivity contribution in [3.63, 3.8) is 0 Å². The Labute approximate surface area is 152 Å². The van der Waals surface area contributed by atoms with E-state index >= 15 is 0 Å². The fraction of sp³-hybridized carbons (Fsp3) is 0.600. The lowest BCUT2D eigenvalue weighted by Gasteiger charge is -2.27. The van der Waals surface area contributed by atoms with Crippen LogP contribution in [0.25, 0.3) is 10.9 Å². The van der Waals surface area contributed by atoms with Crippen LogP contribution in [-0.2, 0) is 23.7 Å². The van der Waals surface area contributed by atoms with E-state index in [9.17, 15) is 0 Å². The van der Waals surface area contributed by atoms with E-state index < -0.39 is 11.6 Å². The Balaban J connectivity index is 1.51. The van der Waals surface area contributed by atoms with Crippen molar-refractivity contribution in [1.82, 2.24) is 4.98 Å². The summed E-state index contributed by atoms with van der Waals surface area (Å²) >= 11 is 0. The van der Waals surface area contributed by atoms with Gasteiger partial charge in [0, 0.05) is 22.7 Å². The molecule has 1 N–H and O–H groups in total. The number of aromatic amines is 1. The Morgan fingerprint density at radius 2 is 1.69 bits per heavy atom. The first-order valence-corrected chi connectivity index (χ1v) is 9.22. The zero-order valence-electron chi connectivity index (χ0n) is 15.5. The summed E-state index contributed by atoms with van der Waals surface area (Å²) in [5.41, 5.74) is 2.18. The first-order chi connectivity index (χ1) is 12.3. The highest BCUT2D eigenvalue weighted by molar-refractivity contribution is 5.83. The number of rotatable bonds is 2. The van der Waals surface area contributed by atoms with Crippen LogP contribution in [0, 0.1) is 0 Å². The fourth-order valence-corrected chi connectivity index (χ4v) is 4.39. The molecule has 1 aromatic carbocycles. The zero-order chi connectivity index (χ0) is 18.1. The summed E-state index contributed by atoms with van der Waals surface area (Å²) in [6.07, 6.45) is 1.02. The molecular weight excluding hydrogens is 334 g/mol. The van der Waals surface area contributed by atoms with Crippen molar-refractivity contribution < 1.29 is 23.7 Å². The van der Waals surface area contributed by atoms with Gasteiger partial charge < -0.3 is 28.7 Å². The van der Waals surface area contributed by atoms with E-state index in [2.05, 4.69) is 17.1 Å². The van der Waals surface area contributed by atoms with Crippen molar-refractivity contribution in [2.24, 2.45) is 0 Å². The Kier molecular flexibility index (Phi) is 3.56. The van der Waals surface area contributed by atoms with E-state index in [1.165, 1.54) is 0 Å². The average molecular weight is 359 g/mol. The minimum atomic E-state index is -0.642. The van der Waals surface area contributed by atoms with E-state index in [-0.39, 0.29) is 30.5 Å². The van der Waals surface area contributed by atoms with Gasteiger partial charge >= 0.3 is 0 Å². The summed E-state index contributed by atoms with van der Waals surface area (Å²) in [6.45, 7) is 8.24. The number of benzene rings is 1. The number of nitrogens with one attached hydrogen (secondary N) is 1. The summed E-state index contributed by atoms with van der Waals surface area (Å²) in [7, 11) is 0. The molecule has 3 fully saturated rings. The van der Waals surface area contributed by atoms with Gasteiger partial charge in [0.1, 0.15) is 30.5 Å². The Bertz CT molecular complexity index is 828. The maximum atomic E-state index is 6.48. The quantitative estimate of drug-likeness (QED) is 0.892. The van der Waals surface area contributed by atoms with Crippen molar-refractivity contribution >= 4 is 10.9 Å². The lowest BCUT2D eigenvalue weighted by molar-refractivity contribution is -0.207. The first-order valence-electron chi connectivity index (χ1n) is 9.22. The summed E-state index contributed by atoms with van der Waals surface area (Å²) < 4.78 is 30.8. The van der Waals surface area contributed by atoms with Crippen LogP contribution in [0.4, 0.5) is 0 Å². The molecule has 0 saturated carbocycles. The molecule has 0 aliphatic carbocycles. The highest BCUT2D eigenvalue weighted by atomic mass is 16.8. The Hall–Kier alpha value is -1.44. The summed E-state index contributed by atoms with van der Waals surface area (Å²) in [5.74, 6) is -1.24.